The number of ether oxygens (including phenoxy) is 4. The molecule has 6 heteroatoms. The van der Waals surface area contributed by atoms with E-state index in [-0.39, 0.29) is 5.91 Å². The van der Waals surface area contributed by atoms with E-state index in [1.807, 2.05) is 24.3 Å². The summed E-state index contributed by atoms with van der Waals surface area (Å²) in [5, 5.41) is 2.86. The molecule has 0 aromatic heterocycles. The largest absolute Gasteiger partial charge is 0.496 e. The minimum Gasteiger partial charge on any atom is -0.496 e. The molecule has 1 N–H and O–H groups in total. The third-order valence-corrected chi connectivity index (χ3v) is 4.00. The average Bonchev–Trinajstić information content (AvgIpc) is 2.71. The van der Waals surface area contributed by atoms with Gasteiger partial charge in [0, 0.05) is 12.6 Å². The van der Waals surface area contributed by atoms with Crippen molar-refractivity contribution in [2.45, 2.75) is 6.42 Å². The maximum Gasteiger partial charge on any atom is 0.244 e. The molecule has 144 valence electrons. The van der Waals surface area contributed by atoms with Gasteiger partial charge in [-0.1, -0.05) is 18.2 Å². The van der Waals surface area contributed by atoms with Gasteiger partial charge in [0.15, 0.2) is 11.5 Å². The van der Waals surface area contributed by atoms with Crippen LogP contribution in [0, 0.1) is 0 Å². The van der Waals surface area contributed by atoms with Gasteiger partial charge in [-0.05, 0) is 41.8 Å². The van der Waals surface area contributed by atoms with E-state index in [1.54, 1.807) is 46.6 Å². The highest BCUT2D eigenvalue weighted by Crippen LogP contribution is 2.38. The van der Waals surface area contributed by atoms with Gasteiger partial charge in [-0.3, -0.25) is 4.79 Å². The van der Waals surface area contributed by atoms with Gasteiger partial charge in [-0.2, -0.15) is 0 Å². The summed E-state index contributed by atoms with van der Waals surface area (Å²) in [6.45, 7) is 0.513. The lowest BCUT2D eigenvalue weighted by Crippen LogP contribution is -2.23. The number of benzene rings is 2. The molecule has 1 amide bonds. The fraction of sp³-hybridized carbons (Fsp3) is 0.286. The maximum atomic E-state index is 12.1. The molecule has 0 fully saturated rings. The zero-order chi connectivity index (χ0) is 19.6. The van der Waals surface area contributed by atoms with Crippen molar-refractivity contribution in [3.63, 3.8) is 0 Å². The summed E-state index contributed by atoms with van der Waals surface area (Å²) in [6, 6.07) is 11.3. The van der Waals surface area contributed by atoms with E-state index in [1.165, 1.54) is 6.08 Å². The second kappa shape index (κ2) is 10.1. The van der Waals surface area contributed by atoms with Crippen LogP contribution in [0.5, 0.6) is 23.0 Å². The number of methoxy groups -OCH3 is 4. The van der Waals surface area contributed by atoms with Crippen LogP contribution in [0.2, 0.25) is 0 Å². The number of nitrogens with one attached hydrogen (secondary N) is 1. The van der Waals surface area contributed by atoms with Crippen molar-refractivity contribution >= 4 is 12.0 Å². The summed E-state index contributed by atoms with van der Waals surface area (Å²) in [4.78, 5) is 12.1. The zero-order valence-electron chi connectivity index (χ0n) is 16.1. The molecule has 0 aliphatic carbocycles. The maximum absolute atomic E-state index is 12.1. The molecule has 6 nitrogen and oxygen atoms in total. The van der Waals surface area contributed by atoms with Gasteiger partial charge in [-0.15, -0.1) is 0 Å². The minimum atomic E-state index is -0.182. The summed E-state index contributed by atoms with van der Waals surface area (Å²) >= 11 is 0. The molecule has 0 saturated carbocycles. The normalized spacial score (nSPS) is 10.5. The zero-order valence-corrected chi connectivity index (χ0v) is 16.1. The molecule has 2 rings (SSSR count). The van der Waals surface area contributed by atoms with Crippen molar-refractivity contribution in [2.24, 2.45) is 0 Å². The number of rotatable bonds is 9. The van der Waals surface area contributed by atoms with Crippen LogP contribution in [-0.4, -0.2) is 40.9 Å². The Bertz CT molecular complexity index is 776. The molecule has 0 aliphatic heterocycles. The number of hydrogen-bond acceptors (Lipinski definition) is 5. The van der Waals surface area contributed by atoms with Gasteiger partial charge in [0.1, 0.15) is 5.75 Å². The highest BCUT2D eigenvalue weighted by Gasteiger charge is 2.12. The lowest BCUT2D eigenvalue weighted by atomic mass is 10.1. The fourth-order valence-electron chi connectivity index (χ4n) is 2.66. The van der Waals surface area contributed by atoms with Crippen molar-refractivity contribution in [3.8, 4) is 23.0 Å². The van der Waals surface area contributed by atoms with Crippen LogP contribution < -0.4 is 24.3 Å². The molecule has 0 unspecified atom stereocenters. The SMILES string of the molecule is COc1ccccc1CCNC(=O)/C=C/c1cc(OC)c(OC)c(OC)c1. The third kappa shape index (κ3) is 5.41. The van der Waals surface area contributed by atoms with Gasteiger partial charge in [0.2, 0.25) is 11.7 Å². The molecule has 0 radical (unpaired) electrons. The summed E-state index contributed by atoms with van der Waals surface area (Å²) in [7, 11) is 6.29. The van der Waals surface area contributed by atoms with Crippen LogP contribution in [0.15, 0.2) is 42.5 Å². The van der Waals surface area contributed by atoms with Crippen molar-refractivity contribution in [3.05, 3.63) is 53.6 Å². The molecule has 2 aromatic rings. The quantitative estimate of drug-likeness (QED) is 0.686. The molecule has 0 spiro atoms. The van der Waals surface area contributed by atoms with Gasteiger partial charge in [0.25, 0.3) is 0 Å². The number of carbonyl (C=O) groups is 1. The Morgan fingerprint density at radius 2 is 1.56 bits per heavy atom. The molecule has 0 bridgehead atoms. The summed E-state index contributed by atoms with van der Waals surface area (Å²) < 4.78 is 21.2. The van der Waals surface area contributed by atoms with E-state index in [4.69, 9.17) is 18.9 Å². The number of carbonyl (C=O) groups excluding carboxylic acids is 1. The van der Waals surface area contributed by atoms with Crippen LogP contribution in [0.1, 0.15) is 11.1 Å². The highest BCUT2D eigenvalue weighted by molar-refractivity contribution is 5.91. The lowest BCUT2D eigenvalue weighted by molar-refractivity contribution is -0.116. The van der Waals surface area contributed by atoms with E-state index >= 15 is 0 Å². The molecule has 0 atom stereocenters. The van der Waals surface area contributed by atoms with Crippen molar-refractivity contribution in [2.75, 3.05) is 35.0 Å². The number of amides is 1. The minimum absolute atomic E-state index is 0.182. The van der Waals surface area contributed by atoms with Crippen LogP contribution in [0.4, 0.5) is 0 Å². The molecule has 2 aromatic carbocycles. The molecular formula is C21H25NO5. The second-order valence-electron chi connectivity index (χ2n) is 5.64. The highest BCUT2D eigenvalue weighted by atomic mass is 16.5. The number of hydrogen-bond donors (Lipinski definition) is 1. The van der Waals surface area contributed by atoms with Crippen LogP contribution >= 0.6 is 0 Å². The average molecular weight is 371 g/mol. The molecule has 0 saturated heterocycles. The van der Waals surface area contributed by atoms with Crippen LogP contribution in [0.3, 0.4) is 0 Å². The summed E-state index contributed by atoms with van der Waals surface area (Å²) in [6.07, 6.45) is 3.86. The summed E-state index contributed by atoms with van der Waals surface area (Å²) in [5.41, 5.74) is 1.82. The van der Waals surface area contributed by atoms with E-state index in [2.05, 4.69) is 5.32 Å². The Balaban J connectivity index is 1.98. The van der Waals surface area contributed by atoms with Gasteiger partial charge < -0.3 is 24.3 Å². The molecule has 0 heterocycles. The Morgan fingerprint density at radius 3 is 2.15 bits per heavy atom. The van der Waals surface area contributed by atoms with E-state index in [0.29, 0.717) is 30.2 Å². The predicted octanol–water partition coefficient (Wildman–Crippen LogP) is 3.09. The van der Waals surface area contributed by atoms with Gasteiger partial charge in [-0.25, -0.2) is 0 Å². The van der Waals surface area contributed by atoms with E-state index in [9.17, 15) is 4.79 Å². The fourth-order valence-corrected chi connectivity index (χ4v) is 2.66. The smallest absolute Gasteiger partial charge is 0.244 e. The monoisotopic (exact) mass is 371 g/mol. The topological polar surface area (TPSA) is 66.0 Å². The van der Waals surface area contributed by atoms with E-state index < -0.39 is 0 Å². The first-order valence-electron chi connectivity index (χ1n) is 8.50. The Morgan fingerprint density at radius 1 is 0.926 bits per heavy atom. The molecule has 0 aliphatic rings. The van der Waals surface area contributed by atoms with Crippen LogP contribution in [-0.2, 0) is 11.2 Å². The first-order chi connectivity index (χ1) is 13.1. The van der Waals surface area contributed by atoms with Crippen molar-refractivity contribution < 1.29 is 23.7 Å². The molecule has 27 heavy (non-hydrogen) atoms. The first kappa shape index (κ1) is 20.2. The Kier molecular flexibility index (Phi) is 7.55. The number of para-hydroxylation sites is 1. The van der Waals surface area contributed by atoms with Crippen molar-refractivity contribution in [1.29, 1.82) is 0 Å². The Hall–Kier alpha value is -3.15. The lowest BCUT2D eigenvalue weighted by Gasteiger charge is -2.12. The third-order valence-electron chi connectivity index (χ3n) is 4.00. The van der Waals surface area contributed by atoms with Gasteiger partial charge in [0.05, 0.1) is 28.4 Å². The van der Waals surface area contributed by atoms with Crippen molar-refractivity contribution in [1.82, 2.24) is 5.32 Å². The first-order valence-corrected chi connectivity index (χ1v) is 8.50. The Labute approximate surface area is 159 Å². The van der Waals surface area contributed by atoms with E-state index in [0.717, 1.165) is 16.9 Å². The summed E-state index contributed by atoms with van der Waals surface area (Å²) in [5.74, 6) is 2.22. The predicted molar refractivity (Wildman–Crippen MR) is 105 cm³/mol. The second-order valence-corrected chi connectivity index (χ2v) is 5.64. The van der Waals surface area contributed by atoms with Crippen LogP contribution in [0.25, 0.3) is 6.08 Å². The molecular weight excluding hydrogens is 346 g/mol. The van der Waals surface area contributed by atoms with Gasteiger partial charge >= 0.3 is 0 Å². The standard InChI is InChI=1S/C21H25NO5/c1-24-17-8-6-5-7-16(17)11-12-22-20(23)10-9-15-13-18(25-2)21(27-4)19(14-15)26-3/h5-10,13-14H,11-12H2,1-4H3,(H,22,23)/b10-9+.